The summed E-state index contributed by atoms with van der Waals surface area (Å²) in [5.74, 6) is -3.96. The zero-order valence-corrected chi connectivity index (χ0v) is 35.6. The van der Waals surface area contributed by atoms with Crippen molar-refractivity contribution in [2.24, 2.45) is 7.05 Å². The second kappa shape index (κ2) is 22.3. The number of fused-ring (bicyclic) bond motifs is 1. The van der Waals surface area contributed by atoms with Gasteiger partial charge in [0.1, 0.15) is 12.7 Å². The lowest BCUT2D eigenvalue weighted by Gasteiger charge is -2.44. The Morgan fingerprint density at radius 2 is 1.41 bits per heavy atom. The Balaban J connectivity index is 1.56. The van der Waals surface area contributed by atoms with E-state index in [0.29, 0.717) is 28.8 Å². The first kappa shape index (κ1) is 47.4. The maximum Gasteiger partial charge on any atom is 0.303 e. The third-order valence-corrected chi connectivity index (χ3v) is 9.43. The van der Waals surface area contributed by atoms with Crippen molar-refractivity contribution in [3.05, 3.63) is 52.3 Å². The van der Waals surface area contributed by atoms with Crippen molar-refractivity contribution in [3.8, 4) is 28.7 Å². The molecule has 1 fully saturated rings. The summed E-state index contributed by atoms with van der Waals surface area (Å²) in [7, 11) is 4.23. The van der Waals surface area contributed by atoms with Gasteiger partial charge in [-0.05, 0) is 48.4 Å². The van der Waals surface area contributed by atoms with Crippen LogP contribution >= 0.6 is 0 Å². The minimum Gasteiger partial charge on any atom is -0.504 e. The molecule has 2 heterocycles. The van der Waals surface area contributed by atoms with Crippen LogP contribution in [0.4, 0.5) is 5.69 Å². The van der Waals surface area contributed by atoms with E-state index in [0.717, 1.165) is 59.8 Å². The van der Waals surface area contributed by atoms with Gasteiger partial charge in [-0.1, -0.05) is 39.0 Å². The van der Waals surface area contributed by atoms with E-state index in [9.17, 15) is 33.9 Å². The minimum atomic E-state index is -1.58. The van der Waals surface area contributed by atoms with Crippen LogP contribution in [0.5, 0.6) is 28.7 Å². The Hall–Kier alpha value is -6.30. The number of hydrogen-bond acceptors (Lipinski definition) is 16. The van der Waals surface area contributed by atoms with Crippen LogP contribution in [0.2, 0.25) is 0 Å². The summed E-state index contributed by atoms with van der Waals surface area (Å²) in [4.78, 5) is 74.7. The molecule has 1 aliphatic heterocycles. The number of carbonyl (C=O) groups is 5. The average Bonchev–Trinajstić information content (AvgIpc) is 3.20. The predicted octanol–water partition coefficient (Wildman–Crippen LogP) is 5.11. The number of rotatable bonds is 20. The minimum absolute atomic E-state index is 0.0616. The molecule has 0 unspecified atom stereocenters. The first-order chi connectivity index (χ1) is 29.1. The van der Waals surface area contributed by atoms with Crippen LogP contribution in [0.3, 0.4) is 0 Å². The lowest BCUT2D eigenvalue weighted by atomic mass is 9.98. The van der Waals surface area contributed by atoms with Crippen LogP contribution in [0, 0.1) is 0 Å². The molecule has 1 aliphatic rings. The maximum atomic E-state index is 13.1. The van der Waals surface area contributed by atoms with Gasteiger partial charge in [-0.25, -0.2) is 0 Å². The van der Waals surface area contributed by atoms with Crippen LogP contribution in [-0.2, 0) is 54.7 Å². The molecule has 0 spiro atoms. The highest BCUT2D eigenvalue weighted by atomic mass is 16.7. The molecule has 5 atom stereocenters. The van der Waals surface area contributed by atoms with E-state index in [1.165, 1.54) is 49.5 Å². The number of nitrogens with one attached hydrogen (secondary N) is 1. The summed E-state index contributed by atoms with van der Waals surface area (Å²) in [5.41, 5.74) is 0.625. The zero-order chi connectivity index (χ0) is 44.8. The molecule has 18 heteroatoms. The van der Waals surface area contributed by atoms with Crippen molar-refractivity contribution in [3.63, 3.8) is 0 Å². The molecule has 0 saturated carbocycles. The predicted molar refractivity (Wildman–Crippen MR) is 220 cm³/mol. The van der Waals surface area contributed by atoms with Crippen LogP contribution in [0.15, 0.2) is 41.2 Å². The Kier molecular flexibility index (Phi) is 17.4. The third-order valence-electron chi connectivity index (χ3n) is 9.43. The van der Waals surface area contributed by atoms with Crippen molar-refractivity contribution in [2.45, 2.75) is 104 Å². The molecule has 1 saturated heterocycles. The lowest BCUT2D eigenvalue weighted by molar-refractivity contribution is -0.288. The van der Waals surface area contributed by atoms with Crippen LogP contribution < -0.4 is 29.8 Å². The second-order valence-electron chi connectivity index (χ2n) is 14.2. The summed E-state index contributed by atoms with van der Waals surface area (Å²) in [6.07, 6.45) is 1.74. The monoisotopic (exact) mass is 854 g/mol. The molecule has 2 aromatic carbocycles. The maximum absolute atomic E-state index is 13.1. The SMILES string of the molecule is CCCCCCCCOc1c(O)c2ccc(NC(=O)/C=C/c3cc(OC)c(O[C@H]4O[C@H](COC(C)=O)[C@@H](OC(C)=O)[C@H](OC(C)=O)[C@@H]4OC(C)=O)c(OC)c3)cc2n(C)c1=O. The molecule has 1 amide bonds. The van der Waals surface area contributed by atoms with Crippen molar-refractivity contribution >= 4 is 52.5 Å². The fourth-order valence-corrected chi connectivity index (χ4v) is 6.63. The van der Waals surface area contributed by atoms with E-state index in [1.54, 1.807) is 25.2 Å². The van der Waals surface area contributed by atoms with Gasteiger partial charge in [-0.15, -0.1) is 0 Å². The summed E-state index contributed by atoms with van der Waals surface area (Å²) in [6, 6.07) is 7.75. The number of nitrogens with zero attached hydrogens (tertiary/aromatic N) is 1. The number of methoxy groups -OCH3 is 2. The van der Waals surface area contributed by atoms with E-state index in [2.05, 4.69) is 12.2 Å². The molecule has 18 nitrogen and oxygen atoms in total. The van der Waals surface area contributed by atoms with E-state index in [4.69, 9.17) is 42.6 Å². The molecule has 0 bridgehead atoms. The number of ether oxygens (including phenoxy) is 9. The molecule has 332 valence electrons. The molecule has 3 aromatic rings. The van der Waals surface area contributed by atoms with Crippen molar-refractivity contribution in [1.29, 1.82) is 0 Å². The Bertz CT molecular complexity index is 2120. The number of aryl methyl sites for hydroxylation is 1. The van der Waals surface area contributed by atoms with E-state index < -0.39 is 72.7 Å². The fraction of sp³-hybridized carbons (Fsp3) is 0.488. The average molecular weight is 855 g/mol. The van der Waals surface area contributed by atoms with Crippen molar-refractivity contribution < 1.29 is 71.7 Å². The summed E-state index contributed by atoms with van der Waals surface area (Å²) in [6.45, 7) is 6.45. The first-order valence-electron chi connectivity index (χ1n) is 19.8. The molecule has 0 radical (unpaired) electrons. The van der Waals surface area contributed by atoms with Crippen molar-refractivity contribution in [2.75, 3.05) is 32.8 Å². The van der Waals surface area contributed by atoms with E-state index in [1.807, 2.05) is 0 Å². The Morgan fingerprint density at radius 1 is 0.803 bits per heavy atom. The Labute approximate surface area is 352 Å². The van der Waals surface area contributed by atoms with E-state index >= 15 is 0 Å². The Morgan fingerprint density at radius 3 is 2.02 bits per heavy atom. The number of anilines is 1. The molecular weight excluding hydrogens is 800 g/mol. The number of esters is 4. The fourth-order valence-electron chi connectivity index (χ4n) is 6.63. The molecule has 0 aliphatic carbocycles. The number of unbranched alkanes of at least 4 members (excludes halogenated alkanes) is 5. The van der Waals surface area contributed by atoms with Gasteiger partial charge in [0.05, 0.1) is 26.3 Å². The number of carbonyl (C=O) groups excluding carboxylic acids is 5. The van der Waals surface area contributed by atoms with Gasteiger partial charge in [-0.2, -0.15) is 0 Å². The molecule has 61 heavy (non-hydrogen) atoms. The van der Waals surface area contributed by atoms with Gasteiger partial charge in [0.2, 0.25) is 29.8 Å². The number of hydrogen-bond donors (Lipinski definition) is 2. The standard InChI is InChI=1S/C43H54N2O16/c1-9-10-11-12-13-14-19-55-39-36(51)30-17-16-29(22-31(30)45(6)42(39)52)44-35(50)18-15-28-20-32(53-7)37(33(21-28)54-8)61-43-41(59-27(5)49)40(58-26(4)48)38(57-25(3)47)34(60-43)23-56-24(2)46/h15-18,20-22,34,38,40-41,43,51H,9-14,19,23H2,1-8H3,(H,44,50)/b18-15+/t34-,38-,40+,41+,43-/m1/s1. The summed E-state index contributed by atoms with van der Waals surface area (Å²) >= 11 is 0. The number of aromatic nitrogens is 1. The highest BCUT2D eigenvalue weighted by Crippen LogP contribution is 2.42. The molecular formula is C43H54N2O16. The highest BCUT2D eigenvalue weighted by Gasteiger charge is 2.53. The topological polar surface area (TPSA) is 223 Å². The first-order valence-corrected chi connectivity index (χ1v) is 19.8. The molecule has 1 aromatic heterocycles. The smallest absolute Gasteiger partial charge is 0.303 e. The van der Waals surface area contributed by atoms with Crippen LogP contribution in [0.25, 0.3) is 17.0 Å². The van der Waals surface area contributed by atoms with Gasteiger partial charge < -0.3 is 57.6 Å². The third kappa shape index (κ3) is 12.8. The largest absolute Gasteiger partial charge is 0.504 e. The molecule has 4 rings (SSSR count). The zero-order valence-electron chi connectivity index (χ0n) is 35.6. The van der Waals surface area contributed by atoms with Gasteiger partial charge in [-0.3, -0.25) is 28.8 Å². The normalized spacial score (nSPS) is 18.5. The quantitative estimate of drug-likeness (QED) is 0.0652. The van der Waals surface area contributed by atoms with Crippen molar-refractivity contribution in [1.82, 2.24) is 4.57 Å². The lowest BCUT2D eigenvalue weighted by Crippen LogP contribution is -2.63. The van der Waals surface area contributed by atoms with Gasteiger partial charge in [0.15, 0.2) is 29.5 Å². The number of benzene rings is 2. The second-order valence-corrected chi connectivity index (χ2v) is 14.2. The molecule has 2 N–H and O–H groups in total. The van der Waals surface area contributed by atoms with Gasteiger partial charge in [0, 0.05) is 51.9 Å². The van der Waals surface area contributed by atoms with E-state index in [-0.39, 0.29) is 28.7 Å². The number of pyridine rings is 1. The number of aromatic hydroxyl groups is 1. The summed E-state index contributed by atoms with van der Waals surface area (Å²) < 4.78 is 52.1. The van der Waals surface area contributed by atoms with Gasteiger partial charge in [0.25, 0.3) is 5.56 Å². The van der Waals surface area contributed by atoms with Gasteiger partial charge >= 0.3 is 23.9 Å². The summed E-state index contributed by atoms with van der Waals surface area (Å²) in [5, 5.41) is 14.1. The van der Waals surface area contributed by atoms with Crippen LogP contribution in [-0.4, -0.2) is 97.6 Å². The number of amides is 1. The highest BCUT2D eigenvalue weighted by molar-refractivity contribution is 6.03. The van der Waals surface area contributed by atoms with Crippen LogP contribution in [0.1, 0.15) is 78.7 Å².